The number of likely N-dealkylation sites (tertiary alicyclic amines) is 1. The average Bonchev–Trinajstić information content (AvgIpc) is 2.38. The molecule has 0 spiro atoms. The molecule has 0 atom stereocenters. The van der Waals surface area contributed by atoms with Gasteiger partial charge in [0.2, 0.25) is 10.0 Å². The first-order valence-corrected chi connectivity index (χ1v) is 8.26. The van der Waals surface area contributed by atoms with Gasteiger partial charge in [0.1, 0.15) is 0 Å². The van der Waals surface area contributed by atoms with Gasteiger partial charge in [0.15, 0.2) is 0 Å². The number of piperidine rings is 1. The Morgan fingerprint density at radius 1 is 1.30 bits per heavy atom. The predicted molar refractivity (Wildman–Crippen MR) is 76.9 cm³/mol. The molecule has 0 bridgehead atoms. The van der Waals surface area contributed by atoms with Gasteiger partial charge in [-0.3, -0.25) is 4.79 Å². The van der Waals surface area contributed by atoms with Crippen LogP contribution in [-0.4, -0.2) is 32.3 Å². The zero-order valence-corrected chi connectivity index (χ0v) is 12.6. The van der Waals surface area contributed by atoms with Gasteiger partial charge in [-0.1, -0.05) is 13.0 Å². The molecule has 0 unspecified atom stereocenters. The number of sulfonamides is 1. The lowest BCUT2D eigenvalue weighted by molar-refractivity contribution is 0.0697. The number of hydrogen-bond donors (Lipinski definition) is 1. The molecule has 1 aromatic rings. The summed E-state index contributed by atoms with van der Waals surface area (Å²) in [5.41, 5.74) is 0.936. The summed E-state index contributed by atoms with van der Waals surface area (Å²) < 4.78 is 23.0. The van der Waals surface area contributed by atoms with E-state index in [1.165, 1.54) is 6.07 Å². The third kappa shape index (κ3) is 3.19. The highest BCUT2D eigenvalue weighted by Gasteiger charge is 2.23. The van der Waals surface area contributed by atoms with Crippen LogP contribution >= 0.6 is 0 Å². The summed E-state index contributed by atoms with van der Waals surface area (Å²) in [6.45, 7) is 5.28. The second kappa shape index (κ2) is 5.54. The van der Waals surface area contributed by atoms with Crippen molar-refractivity contribution in [2.75, 3.05) is 13.1 Å². The van der Waals surface area contributed by atoms with Gasteiger partial charge in [-0.25, -0.2) is 13.6 Å². The van der Waals surface area contributed by atoms with Gasteiger partial charge < -0.3 is 4.90 Å². The highest BCUT2D eigenvalue weighted by molar-refractivity contribution is 7.89. The van der Waals surface area contributed by atoms with Crippen LogP contribution < -0.4 is 5.14 Å². The van der Waals surface area contributed by atoms with Crippen molar-refractivity contribution in [1.82, 2.24) is 4.90 Å². The first kappa shape index (κ1) is 15.0. The molecular formula is C14H20N2O3S. The number of hydrogen-bond acceptors (Lipinski definition) is 3. The van der Waals surface area contributed by atoms with Gasteiger partial charge in [0.25, 0.3) is 5.91 Å². The maximum absolute atomic E-state index is 12.4. The van der Waals surface area contributed by atoms with Crippen molar-refractivity contribution in [2.45, 2.75) is 31.6 Å². The normalized spacial score (nSPS) is 17.2. The minimum Gasteiger partial charge on any atom is -0.339 e. The number of nitrogens with two attached hydrogens (primary N) is 1. The monoisotopic (exact) mass is 296 g/mol. The number of carbonyl (C=O) groups excluding carboxylic acids is 1. The summed E-state index contributed by atoms with van der Waals surface area (Å²) in [4.78, 5) is 14.2. The van der Waals surface area contributed by atoms with Crippen molar-refractivity contribution < 1.29 is 13.2 Å². The molecular weight excluding hydrogens is 276 g/mol. The molecule has 2 N–H and O–H groups in total. The largest absolute Gasteiger partial charge is 0.339 e. The van der Waals surface area contributed by atoms with Crippen LogP contribution in [0.2, 0.25) is 0 Å². The SMILES string of the molecule is Cc1ccc(C(=O)N2CCC(C)CC2)cc1S(N)(=O)=O. The van der Waals surface area contributed by atoms with Gasteiger partial charge in [-0.15, -0.1) is 0 Å². The highest BCUT2D eigenvalue weighted by Crippen LogP contribution is 2.21. The standard InChI is InChI=1S/C14H20N2O3S/c1-10-5-7-16(8-6-10)14(17)12-4-3-11(2)13(9-12)20(15,18)19/h3-4,9-10H,5-8H2,1-2H3,(H2,15,18,19). The summed E-state index contributed by atoms with van der Waals surface area (Å²) in [6.07, 6.45) is 1.97. The number of primary sulfonamides is 1. The van der Waals surface area contributed by atoms with Crippen LogP contribution in [0.5, 0.6) is 0 Å². The molecule has 1 aliphatic rings. The van der Waals surface area contributed by atoms with Crippen LogP contribution in [0.15, 0.2) is 23.1 Å². The minimum absolute atomic E-state index is 0.0220. The lowest BCUT2D eigenvalue weighted by Crippen LogP contribution is -2.38. The molecule has 1 heterocycles. The number of nitrogens with zero attached hydrogens (tertiary/aromatic N) is 1. The molecule has 20 heavy (non-hydrogen) atoms. The average molecular weight is 296 g/mol. The van der Waals surface area contributed by atoms with Crippen LogP contribution in [-0.2, 0) is 10.0 Å². The third-order valence-electron chi connectivity index (χ3n) is 3.81. The molecule has 0 saturated carbocycles. The van der Waals surface area contributed by atoms with Gasteiger partial charge in [0, 0.05) is 18.7 Å². The van der Waals surface area contributed by atoms with E-state index >= 15 is 0 Å². The van der Waals surface area contributed by atoms with Crippen molar-refractivity contribution in [3.05, 3.63) is 29.3 Å². The molecule has 2 rings (SSSR count). The van der Waals surface area contributed by atoms with E-state index in [9.17, 15) is 13.2 Å². The van der Waals surface area contributed by atoms with E-state index in [-0.39, 0.29) is 10.8 Å². The summed E-state index contributed by atoms with van der Waals surface area (Å²) in [7, 11) is -3.80. The number of amides is 1. The fourth-order valence-electron chi connectivity index (χ4n) is 2.43. The molecule has 5 nitrogen and oxygen atoms in total. The van der Waals surface area contributed by atoms with E-state index in [0.29, 0.717) is 17.0 Å². The summed E-state index contributed by atoms with van der Waals surface area (Å²) in [5, 5.41) is 5.17. The van der Waals surface area contributed by atoms with Crippen LogP contribution in [0.3, 0.4) is 0 Å². The Kier molecular flexibility index (Phi) is 4.15. The second-order valence-electron chi connectivity index (χ2n) is 5.50. The Bertz CT molecular complexity index is 617. The van der Waals surface area contributed by atoms with E-state index in [2.05, 4.69) is 6.92 Å². The maximum Gasteiger partial charge on any atom is 0.253 e. The minimum atomic E-state index is -3.80. The molecule has 1 fully saturated rings. The fraction of sp³-hybridized carbons (Fsp3) is 0.500. The van der Waals surface area contributed by atoms with Crippen molar-refractivity contribution in [3.8, 4) is 0 Å². The van der Waals surface area contributed by atoms with E-state index in [1.807, 2.05) is 0 Å². The molecule has 6 heteroatoms. The molecule has 0 radical (unpaired) electrons. The quantitative estimate of drug-likeness (QED) is 0.898. The Morgan fingerprint density at radius 3 is 2.45 bits per heavy atom. The van der Waals surface area contributed by atoms with Gasteiger partial charge in [-0.05, 0) is 43.4 Å². The molecule has 1 aliphatic heterocycles. The first-order chi connectivity index (χ1) is 9.29. The predicted octanol–water partition coefficient (Wildman–Crippen LogP) is 1.51. The summed E-state index contributed by atoms with van der Waals surface area (Å²) in [6, 6.07) is 4.66. The van der Waals surface area contributed by atoms with E-state index in [4.69, 9.17) is 5.14 Å². The number of aryl methyl sites for hydroxylation is 1. The van der Waals surface area contributed by atoms with Crippen molar-refractivity contribution >= 4 is 15.9 Å². The van der Waals surface area contributed by atoms with E-state index in [1.54, 1.807) is 24.0 Å². The Hall–Kier alpha value is -1.40. The van der Waals surface area contributed by atoms with E-state index in [0.717, 1.165) is 25.9 Å². The Labute approximate surface area is 119 Å². The number of benzene rings is 1. The number of carbonyl (C=O) groups is 1. The molecule has 1 aromatic carbocycles. The topological polar surface area (TPSA) is 80.5 Å². The zero-order chi connectivity index (χ0) is 14.9. The van der Waals surface area contributed by atoms with Crippen LogP contribution in [0, 0.1) is 12.8 Å². The third-order valence-corrected chi connectivity index (χ3v) is 4.87. The molecule has 1 saturated heterocycles. The first-order valence-electron chi connectivity index (χ1n) is 6.72. The Morgan fingerprint density at radius 2 is 1.90 bits per heavy atom. The van der Waals surface area contributed by atoms with Gasteiger partial charge in [0.05, 0.1) is 4.90 Å². The lowest BCUT2D eigenvalue weighted by atomic mass is 9.98. The molecule has 1 amide bonds. The molecule has 0 aromatic heterocycles. The van der Waals surface area contributed by atoms with Crippen molar-refractivity contribution in [1.29, 1.82) is 0 Å². The van der Waals surface area contributed by atoms with Crippen LogP contribution in [0.1, 0.15) is 35.7 Å². The summed E-state index contributed by atoms with van der Waals surface area (Å²) >= 11 is 0. The molecule has 0 aliphatic carbocycles. The maximum atomic E-state index is 12.4. The van der Waals surface area contributed by atoms with Crippen LogP contribution in [0.25, 0.3) is 0 Å². The fourth-order valence-corrected chi connectivity index (χ4v) is 3.24. The smallest absolute Gasteiger partial charge is 0.253 e. The number of rotatable bonds is 2. The van der Waals surface area contributed by atoms with Crippen molar-refractivity contribution in [3.63, 3.8) is 0 Å². The van der Waals surface area contributed by atoms with Crippen molar-refractivity contribution in [2.24, 2.45) is 11.1 Å². The van der Waals surface area contributed by atoms with Crippen LogP contribution in [0.4, 0.5) is 0 Å². The van der Waals surface area contributed by atoms with Gasteiger partial charge in [-0.2, -0.15) is 0 Å². The lowest BCUT2D eigenvalue weighted by Gasteiger charge is -2.30. The molecule has 110 valence electrons. The zero-order valence-electron chi connectivity index (χ0n) is 11.8. The summed E-state index contributed by atoms with van der Waals surface area (Å²) in [5.74, 6) is 0.513. The van der Waals surface area contributed by atoms with E-state index < -0.39 is 10.0 Å². The Balaban J connectivity index is 2.27. The van der Waals surface area contributed by atoms with Gasteiger partial charge >= 0.3 is 0 Å². The highest BCUT2D eigenvalue weighted by atomic mass is 32.2. The second-order valence-corrected chi connectivity index (χ2v) is 7.03.